The van der Waals surface area contributed by atoms with E-state index in [9.17, 15) is 4.79 Å². The zero-order valence-electron chi connectivity index (χ0n) is 12.5. The van der Waals surface area contributed by atoms with Gasteiger partial charge in [0.05, 0.1) is 11.9 Å². The van der Waals surface area contributed by atoms with Crippen LogP contribution in [0.15, 0.2) is 47.2 Å². The molecule has 1 aromatic heterocycles. The van der Waals surface area contributed by atoms with Crippen LogP contribution in [0.1, 0.15) is 15.9 Å². The molecule has 114 valence electrons. The zero-order chi connectivity index (χ0) is 15.5. The number of piperazine rings is 1. The van der Waals surface area contributed by atoms with Crippen molar-refractivity contribution in [1.29, 1.82) is 0 Å². The van der Waals surface area contributed by atoms with Crippen molar-refractivity contribution in [2.24, 2.45) is 0 Å². The Morgan fingerprint density at radius 2 is 1.95 bits per heavy atom. The predicted octanol–water partition coefficient (Wildman–Crippen LogP) is 3.11. The molecule has 1 aromatic carbocycles. The summed E-state index contributed by atoms with van der Waals surface area (Å²) in [7, 11) is 0. The minimum Gasteiger partial charge on any atom is -0.367 e. The molecular weight excluding hydrogens is 342 g/mol. The molecule has 0 bridgehead atoms. The number of carbonyl (C=O) groups excluding carboxylic acids is 1. The lowest BCUT2D eigenvalue weighted by molar-refractivity contribution is 0.0746. The first kappa shape index (κ1) is 15.0. The zero-order valence-corrected chi connectivity index (χ0v) is 14.1. The van der Waals surface area contributed by atoms with E-state index in [2.05, 4.69) is 31.9 Å². The normalized spacial score (nSPS) is 15.0. The van der Waals surface area contributed by atoms with E-state index in [1.807, 2.05) is 42.3 Å². The molecule has 1 aliphatic rings. The Morgan fingerprint density at radius 1 is 1.18 bits per heavy atom. The minimum atomic E-state index is 0.112. The Labute approximate surface area is 138 Å². The number of nitrogens with zero attached hydrogens (tertiary/aromatic N) is 3. The Balaban J connectivity index is 1.66. The summed E-state index contributed by atoms with van der Waals surface area (Å²) < 4.78 is 1.03. The number of anilines is 1. The number of halogens is 1. The molecule has 2 heterocycles. The van der Waals surface area contributed by atoms with Gasteiger partial charge in [-0.3, -0.25) is 9.78 Å². The van der Waals surface area contributed by atoms with Crippen LogP contribution in [0.4, 0.5) is 5.69 Å². The maximum absolute atomic E-state index is 12.6. The van der Waals surface area contributed by atoms with E-state index >= 15 is 0 Å². The lowest BCUT2D eigenvalue weighted by Crippen LogP contribution is -2.48. The molecule has 1 aliphatic heterocycles. The van der Waals surface area contributed by atoms with Crippen molar-refractivity contribution < 1.29 is 4.79 Å². The largest absolute Gasteiger partial charge is 0.367 e. The second-order valence-electron chi connectivity index (χ2n) is 5.45. The number of benzene rings is 1. The third kappa shape index (κ3) is 3.14. The highest BCUT2D eigenvalue weighted by Crippen LogP contribution is 2.20. The molecule has 22 heavy (non-hydrogen) atoms. The fourth-order valence-electron chi connectivity index (χ4n) is 2.67. The Bertz CT molecular complexity index is 667. The van der Waals surface area contributed by atoms with Gasteiger partial charge in [0.15, 0.2) is 0 Å². The summed E-state index contributed by atoms with van der Waals surface area (Å²) in [6, 6.07) is 9.77. The highest BCUT2D eigenvalue weighted by Gasteiger charge is 2.22. The third-order valence-electron chi connectivity index (χ3n) is 3.98. The fourth-order valence-corrected chi connectivity index (χ4v) is 2.92. The van der Waals surface area contributed by atoms with Gasteiger partial charge in [-0.1, -0.05) is 15.9 Å². The number of hydrogen-bond donors (Lipinski definition) is 0. The molecule has 3 rings (SSSR count). The van der Waals surface area contributed by atoms with Gasteiger partial charge in [-0.25, -0.2) is 0 Å². The summed E-state index contributed by atoms with van der Waals surface area (Å²) in [5.74, 6) is 0.112. The molecule has 0 spiro atoms. The van der Waals surface area contributed by atoms with Gasteiger partial charge in [-0.05, 0) is 42.8 Å². The van der Waals surface area contributed by atoms with Gasteiger partial charge in [0.2, 0.25) is 0 Å². The first-order valence-electron chi connectivity index (χ1n) is 7.35. The lowest BCUT2D eigenvalue weighted by atomic mass is 10.1. The van der Waals surface area contributed by atoms with Gasteiger partial charge in [0.1, 0.15) is 0 Å². The van der Waals surface area contributed by atoms with Gasteiger partial charge >= 0.3 is 0 Å². The highest BCUT2D eigenvalue weighted by atomic mass is 79.9. The smallest absolute Gasteiger partial charge is 0.253 e. The number of pyridine rings is 1. The van der Waals surface area contributed by atoms with E-state index in [0.29, 0.717) is 0 Å². The van der Waals surface area contributed by atoms with Crippen LogP contribution in [0.3, 0.4) is 0 Å². The van der Waals surface area contributed by atoms with Crippen LogP contribution in [-0.2, 0) is 0 Å². The molecule has 4 nitrogen and oxygen atoms in total. The van der Waals surface area contributed by atoms with E-state index in [-0.39, 0.29) is 5.91 Å². The average molecular weight is 360 g/mol. The van der Waals surface area contributed by atoms with E-state index < -0.39 is 0 Å². The van der Waals surface area contributed by atoms with Crippen LogP contribution in [0.2, 0.25) is 0 Å². The summed E-state index contributed by atoms with van der Waals surface area (Å²) in [5.41, 5.74) is 2.96. The molecule has 0 N–H and O–H groups in total. The Kier molecular flexibility index (Phi) is 4.43. The number of hydrogen-bond acceptors (Lipinski definition) is 3. The van der Waals surface area contributed by atoms with Crippen molar-refractivity contribution in [2.45, 2.75) is 6.92 Å². The van der Waals surface area contributed by atoms with Gasteiger partial charge < -0.3 is 9.80 Å². The molecule has 1 amide bonds. The molecule has 2 aromatic rings. The van der Waals surface area contributed by atoms with Gasteiger partial charge in [-0.15, -0.1) is 0 Å². The number of rotatable bonds is 2. The van der Waals surface area contributed by atoms with Gasteiger partial charge in [-0.2, -0.15) is 0 Å². The molecule has 0 atom stereocenters. The third-order valence-corrected chi connectivity index (χ3v) is 4.87. The van der Waals surface area contributed by atoms with Crippen molar-refractivity contribution in [1.82, 2.24) is 9.88 Å². The van der Waals surface area contributed by atoms with Crippen molar-refractivity contribution in [3.05, 3.63) is 58.3 Å². The number of amides is 1. The Morgan fingerprint density at radius 3 is 2.59 bits per heavy atom. The molecule has 0 saturated carbocycles. The van der Waals surface area contributed by atoms with Crippen LogP contribution in [0.25, 0.3) is 0 Å². The van der Waals surface area contributed by atoms with Gasteiger partial charge in [0, 0.05) is 42.4 Å². The molecule has 1 fully saturated rings. The molecule has 1 saturated heterocycles. The minimum absolute atomic E-state index is 0.112. The van der Waals surface area contributed by atoms with Crippen molar-refractivity contribution in [2.75, 3.05) is 31.1 Å². The second kappa shape index (κ2) is 6.48. The van der Waals surface area contributed by atoms with Crippen molar-refractivity contribution in [3.8, 4) is 0 Å². The fraction of sp³-hybridized carbons (Fsp3) is 0.294. The van der Waals surface area contributed by atoms with Gasteiger partial charge in [0.25, 0.3) is 5.91 Å². The standard InChI is InChI=1S/C17H18BrN3O/c1-13-11-14(4-5-16(13)18)17(22)21-9-7-20(8-10-21)15-3-2-6-19-12-15/h2-6,11-12H,7-10H2,1H3. The summed E-state index contributed by atoms with van der Waals surface area (Å²) in [4.78, 5) is 20.9. The maximum atomic E-state index is 12.6. The van der Waals surface area contributed by atoms with Crippen LogP contribution >= 0.6 is 15.9 Å². The van der Waals surface area contributed by atoms with Crippen LogP contribution in [0, 0.1) is 6.92 Å². The Hall–Kier alpha value is -1.88. The highest BCUT2D eigenvalue weighted by molar-refractivity contribution is 9.10. The van der Waals surface area contributed by atoms with Crippen molar-refractivity contribution in [3.63, 3.8) is 0 Å². The van der Waals surface area contributed by atoms with Crippen LogP contribution in [-0.4, -0.2) is 42.0 Å². The number of carbonyl (C=O) groups is 1. The summed E-state index contributed by atoms with van der Waals surface area (Å²) >= 11 is 3.47. The number of aromatic nitrogens is 1. The summed E-state index contributed by atoms with van der Waals surface area (Å²) in [6.07, 6.45) is 3.65. The molecule has 0 unspecified atom stereocenters. The number of aryl methyl sites for hydroxylation is 1. The van der Waals surface area contributed by atoms with E-state index in [4.69, 9.17) is 0 Å². The average Bonchev–Trinajstić information content (AvgIpc) is 2.58. The van der Waals surface area contributed by atoms with E-state index in [1.54, 1.807) is 6.20 Å². The first-order valence-corrected chi connectivity index (χ1v) is 8.15. The molecule has 5 heteroatoms. The monoisotopic (exact) mass is 359 g/mol. The summed E-state index contributed by atoms with van der Waals surface area (Å²) in [5, 5.41) is 0. The van der Waals surface area contributed by atoms with E-state index in [0.717, 1.165) is 47.5 Å². The second-order valence-corrected chi connectivity index (χ2v) is 6.31. The van der Waals surface area contributed by atoms with Crippen LogP contribution < -0.4 is 4.90 Å². The van der Waals surface area contributed by atoms with Crippen LogP contribution in [0.5, 0.6) is 0 Å². The van der Waals surface area contributed by atoms with Crippen molar-refractivity contribution >= 4 is 27.5 Å². The lowest BCUT2D eigenvalue weighted by Gasteiger charge is -2.36. The predicted molar refractivity (Wildman–Crippen MR) is 91.2 cm³/mol. The first-order chi connectivity index (χ1) is 10.6. The summed E-state index contributed by atoms with van der Waals surface area (Å²) in [6.45, 7) is 5.16. The topological polar surface area (TPSA) is 36.4 Å². The quantitative estimate of drug-likeness (QED) is 0.826. The van der Waals surface area contributed by atoms with E-state index in [1.165, 1.54) is 0 Å². The maximum Gasteiger partial charge on any atom is 0.253 e. The molecule has 0 aliphatic carbocycles. The molecule has 0 radical (unpaired) electrons. The SMILES string of the molecule is Cc1cc(C(=O)N2CCN(c3cccnc3)CC2)ccc1Br. The molecular formula is C17H18BrN3O.